The van der Waals surface area contributed by atoms with E-state index in [2.05, 4.69) is 41.4 Å². The quantitative estimate of drug-likeness (QED) is 0.867. The lowest BCUT2D eigenvalue weighted by Crippen LogP contribution is -2.24. The highest BCUT2D eigenvalue weighted by molar-refractivity contribution is 5.50. The summed E-state index contributed by atoms with van der Waals surface area (Å²) < 4.78 is 5.49. The summed E-state index contributed by atoms with van der Waals surface area (Å²) >= 11 is 0. The van der Waals surface area contributed by atoms with E-state index in [1.807, 2.05) is 19.2 Å². The van der Waals surface area contributed by atoms with Crippen LogP contribution in [0.1, 0.15) is 37.1 Å². The second-order valence-corrected chi connectivity index (χ2v) is 5.54. The average Bonchev–Trinajstić information content (AvgIpc) is 3.21. The maximum absolute atomic E-state index is 5.49. The van der Waals surface area contributed by atoms with Crippen molar-refractivity contribution in [1.29, 1.82) is 0 Å². The summed E-state index contributed by atoms with van der Waals surface area (Å²) in [4.78, 5) is 2.45. The predicted molar refractivity (Wildman–Crippen MR) is 81.8 cm³/mol. The van der Waals surface area contributed by atoms with Crippen LogP contribution in [0.2, 0.25) is 0 Å². The van der Waals surface area contributed by atoms with Gasteiger partial charge < -0.3 is 14.6 Å². The van der Waals surface area contributed by atoms with Crippen LogP contribution in [0.15, 0.2) is 47.1 Å². The summed E-state index contributed by atoms with van der Waals surface area (Å²) in [6.07, 6.45) is 4.32. The molecule has 1 atom stereocenters. The van der Waals surface area contributed by atoms with Crippen LogP contribution in [0, 0.1) is 0 Å². The Morgan fingerprint density at radius 1 is 1.25 bits per heavy atom. The van der Waals surface area contributed by atoms with Crippen molar-refractivity contribution in [2.45, 2.75) is 38.4 Å². The van der Waals surface area contributed by atoms with Gasteiger partial charge in [0.2, 0.25) is 0 Å². The molecule has 3 heteroatoms. The Labute approximate surface area is 120 Å². The van der Waals surface area contributed by atoms with E-state index in [4.69, 9.17) is 4.42 Å². The molecule has 1 aromatic heterocycles. The zero-order valence-corrected chi connectivity index (χ0v) is 12.2. The molecule has 106 valence electrons. The second kappa shape index (κ2) is 5.71. The maximum Gasteiger partial charge on any atom is 0.123 e. The van der Waals surface area contributed by atoms with E-state index in [-0.39, 0.29) is 0 Å². The van der Waals surface area contributed by atoms with Gasteiger partial charge in [0.15, 0.2) is 0 Å². The fourth-order valence-electron chi connectivity index (χ4n) is 2.51. The lowest BCUT2D eigenvalue weighted by atomic mass is 10.1. The Morgan fingerprint density at radius 2 is 2.00 bits per heavy atom. The highest BCUT2D eigenvalue weighted by atomic mass is 16.3. The first-order valence-electron chi connectivity index (χ1n) is 7.34. The van der Waals surface area contributed by atoms with Crippen molar-refractivity contribution >= 4 is 5.69 Å². The molecule has 1 fully saturated rings. The van der Waals surface area contributed by atoms with E-state index < -0.39 is 0 Å². The molecular weight excluding hydrogens is 248 g/mol. The average molecular weight is 270 g/mol. The third kappa shape index (κ3) is 2.88. The zero-order chi connectivity index (χ0) is 13.9. The standard InChI is InChI=1S/C17H22N2O/c1-13(18-2)14-5-7-15(8-6-14)19(16-9-10-16)12-17-4-3-11-20-17/h3-8,11,13,16,18H,9-10,12H2,1-2H3. The van der Waals surface area contributed by atoms with E-state index in [0.29, 0.717) is 12.1 Å². The molecule has 20 heavy (non-hydrogen) atoms. The minimum Gasteiger partial charge on any atom is -0.467 e. The number of nitrogens with one attached hydrogen (secondary N) is 1. The maximum atomic E-state index is 5.49. The van der Waals surface area contributed by atoms with Gasteiger partial charge in [0.05, 0.1) is 12.8 Å². The predicted octanol–water partition coefficient (Wildman–Crippen LogP) is 3.73. The molecular formula is C17H22N2O. The van der Waals surface area contributed by atoms with Gasteiger partial charge in [0.1, 0.15) is 5.76 Å². The van der Waals surface area contributed by atoms with Gasteiger partial charge in [-0.3, -0.25) is 0 Å². The highest BCUT2D eigenvalue weighted by Gasteiger charge is 2.29. The van der Waals surface area contributed by atoms with E-state index in [1.165, 1.54) is 24.1 Å². The lowest BCUT2D eigenvalue weighted by Gasteiger charge is -2.24. The molecule has 3 nitrogen and oxygen atoms in total. The first kappa shape index (κ1) is 13.3. The second-order valence-electron chi connectivity index (χ2n) is 5.54. The van der Waals surface area contributed by atoms with E-state index in [9.17, 15) is 0 Å². The normalized spacial score (nSPS) is 16.1. The summed E-state index contributed by atoms with van der Waals surface area (Å²) in [5.74, 6) is 1.03. The first-order chi connectivity index (χ1) is 9.78. The summed E-state index contributed by atoms with van der Waals surface area (Å²) in [5.41, 5.74) is 2.61. The van der Waals surface area contributed by atoms with Crippen molar-refractivity contribution in [1.82, 2.24) is 5.32 Å². The van der Waals surface area contributed by atoms with E-state index in [1.54, 1.807) is 6.26 Å². The van der Waals surface area contributed by atoms with Crippen molar-refractivity contribution in [3.05, 3.63) is 54.0 Å². The van der Waals surface area contributed by atoms with Crippen LogP contribution in [-0.4, -0.2) is 13.1 Å². The molecule has 0 saturated heterocycles. The van der Waals surface area contributed by atoms with Gasteiger partial charge in [-0.1, -0.05) is 12.1 Å². The van der Waals surface area contributed by atoms with Crippen LogP contribution in [0.25, 0.3) is 0 Å². The monoisotopic (exact) mass is 270 g/mol. The van der Waals surface area contributed by atoms with Crippen LogP contribution in [0.4, 0.5) is 5.69 Å². The lowest BCUT2D eigenvalue weighted by molar-refractivity contribution is 0.501. The molecule has 0 spiro atoms. The number of hydrogen-bond donors (Lipinski definition) is 1. The molecule has 1 saturated carbocycles. The van der Waals surface area contributed by atoms with Crippen LogP contribution in [0.3, 0.4) is 0 Å². The molecule has 0 amide bonds. The molecule has 1 heterocycles. The minimum atomic E-state index is 0.392. The number of hydrogen-bond acceptors (Lipinski definition) is 3. The Hall–Kier alpha value is -1.74. The fraction of sp³-hybridized carbons (Fsp3) is 0.412. The fourth-order valence-corrected chi connectivity index (χ4v) is 2.51. The van der Waals surface area contributed by atoms with Gasteiger partial charge in [-0.05, 0) is 56.6 Å². The van der Waals surface area contributed by atoms with Crippen molar-refractivity contribution in [3.63, 3.8) is 0 Å². The van der Waals surface area contributed by atoms with E-state index in [0.717, 1.165) is 12.3 Å². The van der Waals surface area contributed by atoms with Gasteiger partial charge in [0, 0.05) is 17.8 Å². The van der Waals surface area contributed by atoms with Crippen molar-refractivity contribution in [2.24, 2.45) is 0 Å². The number of rotatable bonds is 6. The summed E-state index contributed by atoms with van der Waals surface area (Å²) in [5, 5.41) is 3.27. The SMILES string of the molecule is CNC(C)c1ccc(N(Cc2ccco2)C2CC2)cc1. The Morgan fingerprint density at radius 3 is 2.55 bits per heavy atom. The Balaban J connectivity index is 1.77. The Bertz CT molecular complexity index is 529. The number of nitrogens with zero attached hydrogens (tertiary/aromatic N) is 1. The number of benzene rings is 1. The molecule has 0 aliphatic heterocycles. The third-order valence-electron chi connectivity index (χ3n) is 4.05. The van der Waals surface area contributed by atoms with Crippen LogP contribution < -0.4 is 10.2 Å². The number of anilines is 1. The molecule has 3 rings (SSSR count). The summed E-state index contributed by atoms with van der Waals surface area (Å²) in [6.45, 7) is 3.04. The van der Waals surface area contributed by atoms with E-state index >= 15 is 0 Å². The molecule has 1 aliphatic rings. The minimum absolute atomic E-state index is 0.392. The van der Waals surface area contributed by atoms with Crippen molar-refractivity contribution in [3.8, 4) is 0 Å². The van der Waals surface area contributed by atoms with Crippen molar-refractivity contribution in [2.75, 3.05) is 11.9 Å². The summed E-state index contributed by atoms with van der Waals surface area (Å²) in [6, 6.07) is 14.0. The molecule has 1 aromatic carbocycles. The molecule has 1 unspecified atom stereocenters. The smallest absolute Gasteiger partial charge is 0.123 e. The van der Waals surface area contributed by atoms with Crippen LogP contribution >= 0.6 is 0 Å². The molecule has 0 bridgehead atoms. The van der Waals surface area contributed by atoms with Crippen molar-refractivity contribution < 1.29 is 4.42 Å². The summed E-state index contributed by atoms with van der Waals surface area (Å²) in [7, 11) is 1.99. The molecule has 2 aromatic rings. The highest BCUT2D eigenvalue weighted by Crippen LogP contribution is 2.33. The molecule has 1 N–H and O–H groups in total. The molecule has 1 aliphatic carbocycles. The van der Waals surface area contributed by atoms with Gasteiger partial charge >= 0.3 is 0 Å². The zero-order valence-electron chi connectivity index (χ0n) is 12.2. The first-order valence-corrected chi connectivity index (χ1v) is 7.34. The topological polar surface area (TPSA) is 28.4 Å². The van der Waals surface area contributed by atoms with Gasteiger partial charge in [0.25, 0.3) is 0 Å². The van der Waals surface area contributed by atoms with Gasteiger partial charge in [-0.2, -0.15) is 0 Å². The van der Waals surface area contributed by atoms with Crippen LogP contribution in [-0.2, 0) is 6.54 Å². The molecule has 0 radical (unpaired) electrons. The van der Waals surface area contributed by atoms with Crippen LogP contribution in [0.5, 0.6) is 0 Å². The third-order valence-corrected chi connectivity index (χ3v) is 4.05. The Kier molecular flexibility index (Phi) is 3.79. The number of furan rings is 1. The largest absolute Gasteiger partial charge is 0.467 e. The van der Waals surface area contributed by atoms with Gasteiger partial charge in [-0.15, -0.1) is 0 Å². The van der Waals surface area contributed by atoms with Gasteiger partial charge in [-0.25, -0.2) is 0 Å².